The zero-order chi connectivity index (χ0) is 26.3. The zero-order valence-electron chi connectivity index (χ0n) is 20.4. The second-order valence-corrected chi connectivity index (χ2v) is 9.54. The van der Waals surface area contributed by atoms with Crippen molar-refractivity contribution in [2.75, 3.05) is 18.6 Å². The van der Waals surface area contributed by atoms with Crippen molar-refractivity contribution in [3.05, 3.63) is 82.9 Å². The number of anilines is 1. The van der Waals surface area contributed by atoms with Gasteiger partial charge in [0.2, 0.25) is 0 Å². The molecule has 1 atom stereocenters. The molecule has 0 bridgehead atoms. The van der Waals surface area contributed by atoms with Gasteiger partial charge in [-0.15, -0.1) is 0 Å². The number of aryl methyl sites for hydroxylation is 1. The first kappa shape index (κ1) is 24.3. The van der Waals surface area contributed by atoms with E-state index < -0.39 is 17.7 Å². The lowest BCUT2D eigenvalue weighted by molar-refractivity contribution is -0.132. The number of aliphatic hydroxyl groups is 1. The van der Waals surface area contributed by atoms with Crippen molar-refractivity contribution < 1.29 is 29.3 Å². The Hall–Kier alpha value is -4.37. The maximum absolute atomic E-state index is 13.5. The number of benzene rings is 3. The molecule has 1 aliphatic rings. The molecule has 1 saturated heterocycles. The first-order chi connectivity index (χ1) is 17.8. The van der Waals surface area contributed by atoms with Crippen LogP contribution in [0.2, 0.25) is 0 Å². The number of methoxy groups -OCH3 is 1. The van der Waals surface area contributed by atoms with Crippen LogP contribution < -0.4 is 14.4 Å². The summed E-state index contributed by atoms with van der Waals surface area (Å²) in [6, 6.07) is 16.0. The number of Topliss-reactive ketones (excluding diaryl/α,β-unsaturated/α-hetero) is 1. The highest BCUT2D eigenvalue weighted by atomic mass is 32.1. The lowest BCUT2D eigenvalue weighted by atomic mass is 9.95. The number of amides is 1. The smallest absolute Gasteiger partial charge is 0.301 e. The Kier molecular flexibility index (Phi) is 6.31. The summed E-state index contributed by atoms with van der Waals surface area (Å²) in [6.45, 7) is 4.05. The largest absolute Gasteiger partial charge is 0.507 e. The Labute approximate surface area is 217 Å². The number of aromatic hydroxyl groups is 1. The van der Waals surface area contributed by atoms with Gasteiger partial charge < -0.3 is 19.7 Å². The number of aromatic nitrogens is 1. The molecule has 4 aromatic rings. The van der Waals surface area contributed by atoms with Gasteiger partial charge in [-0.2, -0.15) is 0 Å². The van der Waals surface area contributed by atoms with Gasteiger partial charge in [-0.1, -0.05) is 35.6 Å². The number of rotatable bonds is 6. The molecule has 0 radical (unpaired) electrons. The minimum absolute atomic E-state index is 0.0780. The number of fused-ring (bicyclic) bond motifs is 1. The van der Waals surface area contributed by atoms with Crippen LogP contribution in [-0.4, -0.2) is 40.6 Å². The predicted octanol–water partition coefficient (Wildman–Crippen LogP) is 5.34. The number of nitrogens with zero attached hydrogens (tertiary/aromatic N) is 2. The number of phenols is 1. The molecule has 3 aromatic carbocycles. The van der Waals surface area contributed by atoms with Crippen LogP contribution in [0.1, 0.15) is 29.7 Å². The van der Waals surface area contributed by atoms with Crippen LogP contribution in [0.25, 0.3) is 16.0 Å². The van der Waals surface area contributed by atoms with Crippen molar-refractivity contribution in [3.8, 4) is 17.2 Å². The quantitative estimate of drug-likeness (QED) is 0.202. The minimum Gasteiger partial charge on any atom is -0.507 e. The summed E-state index contributed by atoms with van der Waals surface area (Å²) in [5, 5.41) is 21.9. The average molecular weight is 517 g/mol. The van der Waals surface area contributed by atoms with Crippen LogP contribution in [0.3, 0.4) is 0 Å². The summed E-state index contributed by atoms with van der Waals surface area (Å²) in [7, 11) is 1.50. The van der Waals surface area contributed by atoms with Gasteiger partial charge in [0.05, 0.1) is 35.5 Å². The molecule has 1 amide bonds. The molecule has 2 N–H and O–H groups in total. The second-order valence-electron chi connectivity index (χ2n) is 8.53. The Morgan fingerprint density at radius 2 is 1.92 bits per heavy atom. The van der Waals surface area contributed by atoms with Gasteiger partial charge in [0, 0.05) is 5.56 Å². The lowest BCUT2D eigenvalue weighted by Gasteiger charge is -2.23. The van der Waals surface area contributed by atoms with Gasteiger partial charge in [-0.05, 0) is 61.4 Å². The molecule has 1 aliphatic heterocycles. The molecule has 188 valence electrons. The first-order valence-corrected chi connectivity index (χ1v) is 12.4. The summed E-state index contributed by atoms with van der Waals surface area (Å²) >= 11 is 1.28. The SMILES string of the molecule is CCOc1cc([C@H]2C(=C(O)c3cccc(OC)c3)C(=O)C(=O)N2c2nc3ccc(C)cc3s2)ccc1O. The summed E-state index contributed by atoms with van der Waals surface area (Å²) in [5.41, 5.74) is 2.44. The van der Waals surface area contributed by atoms with E-state index >= 15 is 0 Å². The maximum atomic E-state index is 13.5. The first-order valence-electron chi connectivity index (χ1n) is 11.6. The van der Waals surface area contributed by atoms with Crippen molar-refractivity contribution in [2.45, 2.75) is 19.9 Å². The van der Waals surface area contributed by atoms with Crippen molar-refractivity contribution in [1.82, 2.24) is 4.98 Å². The highest BCUT2D eigenvalue weighted by molar-refractivity contribution is 7.22. The van der Waals surface area contributed by atoms with E-state index in [4.69, 9.17) is 9.47 Å². The molecule has 0 spiro atoms. The zero-order valence-corrected chi connectivity index (χ0v) is 21.2. The number of hydrogen-bond donors (Lipinski definition) is 2. The van der Waals surface area contributed by atoms with Crippen LogP contribution in [0, 0.1) is 6.92 Å². The van der Waals surface area contributed by atoms with E-state index in [-0.39, 0.29) is 22.8 Å². The monoisotopic (exact) mass is 516 g/mol. The molecule has 2 heterocycles. The number of phenolic OH excluding ortho intramolecular Hbond substituents is 1. The summed E-state index contributed by atoms with van der Waals surface area (Å²) in [5.74, 6) is -1.38. The number of carbonyl (C=O) groups excluding carboxylic acids is 2. The third-order valence-corrected chi connectivity index (χ3v) is 7.14. The molecule has 0 aliphatic carbocycles. The van der Waals surface area contributed by atoms with Gasteiger partial charge in [0.1, 0.15) is 11.5 Å². The Balaban J connectivity index is 1.74. The van der Waals surface area contributed by atoms with E-state index in [9.17, 15) is 19.8 Å². The highest BCUT2D eigenvalue weighted by Crippen LogP contribution is 2.46. The second kappa shape index (κ2) is 9.59. The fourth-order valence-corrected chi connectivity index (χ4v) is 5.46. The molecule has 1 fully saturated rings. The maximum Gasteiger partial charge on any atom is 0.301 e. The Morgan fingerprint density at radius 1 is 1.11 bits per heavy atom. The summed E-state index contributed by atoms with van der Waals surface area (Å²) in [4.78, 5) is 32.9. The number of ketones is 1. The van der Waals surface area contributed by atoms with Crippen molar-refractivity contribution >= 4 is 44.1 Å². The van der Waals surface area contributed by atoms with Crippen LogP contribution in [-0.2, 0) is 9.59 Å². The predicted molar refractivity (Wildman–Crippen MR) is 141 cm³/mol. The molecular weight excluding hydrogens is 492 g/mol. The number of thiazole rings is 1. The van der Waals surface area contributed by atoms with Crippen LogP contribution in [0.4, 0.5) is 5.13 Å². The average Bonchev–Trinajstić information content (AvgIpc) is 3.42. The van der Waals surface area contributed by atoms with E-state index in [1.807, 2.05) is 25.1 Å². The third-order valence-electron chi connectivity index (χ3n) is 6.13. The summed E-state index contributed by atoms with van der Waals surface area (Å²) < 4.78 is 11.7. The number of aliphatic hydroxyl groups excluding tert-OH is 1. The molecule has 37 heavy (non-hydrogen) atoms. The van der Waals surface area contributed by atoms with Gasteiger partial charge >= 0.3 is 5.91 Å². The Morgan fingerprint density at radius 3 is 2.68 bits per heavy atom. The Bertz CT molecular complexity index is 1570. The van der Waals surface area contributed by atoms with E-state index in [1.165, 1.54) is 29.4 Å². The fourth-order valence-electron chi connectivity index (χ4n) is 4.37. The molecule has 9 heteroatoms. The molecule has 8 nitrogen and oxygen atoms in total. The highest BCUT2D eigenvalue weighted by Gasteiger charge is 2.48. The van der Waals surface area contributed by atoms with Crippen molar-refractivity contribution in [2.24, 2.45) is 0 Å². The van der Waals surface area contributed by atoms with Crippen molar-refractivity contribution in [3.63, 3.8) is 0 Å². The molecular formula is C28H24N2O6S. The van der Waals surface area contributed by atoms with Gasteiger partial charge in [-0.3, -0.25) is 14.5 Å². The fraction of sp³-hybridized carbons (Fsp3) is 0.179. The van der Waals surface area contributed by atoms with Crippen LogP contribution in [0.15, 0.2) is 66.2 Å². The number of ether oxygens (including phenoxy) is 2. The minimum atomic E-state index is -1.01. The topological polar surface area (TPSA) is 109 Å². The number of hydrogen-bond acceptors (Lipinski definition) is 8. The third kappa shape index (κ3) is 4.27. The molecule has 1 aromatic heterocycles. The molecule has 0 saturated carbocycles. The van der Waals surface area contributed by atoms with E-state index in [2.05, 4.69) is 4.98 Å². The normalized spacial score (nSPS) is 16.9. The van der Waals surface area contributed by atoms with E-state index in [0.717, 1.165) is 10.3 Å². The van der Waals surface area contributed by atoms with Crippen molar-refractivity contribution in [1.29, 1.82) is 0 Å². The molecule has 5 rings (SSSR count). The molecule has 0 unspecified atom stereocenters. The standard InChI is InChI=1S/C28H24N2O6S/c1-4-36-21-14-16(9-11-20(21)31)24-23(25(32)17-6-5-7-18(13-17)35-3)26(33)27(34)30(24)28-29-19-10-8-15(2)12-22(19)37-28/h5-14,24,31-32H,4H2,1-3H3/t24-/m0/s1. The van der Waals surface area contributed by atoms with Gasteiger partial charge in [0.15, 0.2) is 16.6 Å². The van der Waals surface area contributed by atoms with Gasteiger partial charge in [-0.25, -0.2) is 4.98 Å². The lowest BCUT2D eigenvalue weighted by Crippen LogP contribution is -2.29. The summed E-state index contributed by atoms with van der Waals surface area (Å²) in [6.07, 6.45) is 0. The number of carbonyl (C=O) groups is 2. The van der Waals surface area contributed by atoms with Crippen LogP contribution >= 0.6 is 11.3 Å². The van der Waals surface area contributed by atoms with E-state index in [1.54, 1.807) is 43.3 Å². The van der Waals surface area contributed by atoms with E-state index in [0.29, 0.717) is 34.1 Å². The van der Waals surface area contributed by atoms with Gasteiger partial charge in [0.25, 0.3) is 5.78 Å². The van der Waals surface area contributed by atoms with Crippen LogP contribution in [0.5, 0.6) is 17.2 Å².